The van der Waals surface area contributed by atoms with Crippen molar-refractivity contribution in [2.45, 2.75) is 13.5 Å². The third kappa shape index (κ3) is 4.72. The molecule has 6 nitrogen and oxygen atoms in total. The summed E-state index contributed by atoms with van der Waals surface area (Å²) in [6.45, 7) is 2.21. The zero-order valence-electron chi connectivity index (χ0n) is 18.3. The highest BCUT2D eigenvalue weighted by Crippen LogP contribution is 2.41. The Morgan fingerprint density at radius 1 is 0.909 bits per heavy atom. The number of phenols is 1. The van der Waals surface area contributed by atoms with E-state index in [2.05, 4.69) is 10.2 Å². The molecule has 0 atom stereocenters. The average Bonchev–Trinajstić information content (AvgIpc) is 3.20. The summed E-state index contributed by atoms with van der Waals surface area (Å²) in [6.07, 6.45) is 0. The molecule has 33 heavy (non-hydrogen) atoms. The first-order valence-electron chi connectivity index (χ1n) is 10.1. The maximum atomic E-state index is 10.8. The number of aromatic nitrogens is 2. The van der Waals surface area contributed by atoms with Crippen molar-refractivity contribution in [2.75, 3.05) is 14.2 Å². The monoisotopic (exact) mass is 484 g/mol. The molecule has 0 bridgehead atoms. The SMILES string of the molecule is COc1ccc(-c2c(-c3ccc(OCc4ccc(Cl)c(Cl)c4)cc3O)n[nH]c2C)cc1OC. The van der Waals surface area contributed by atoms with E-state index in [0.29, 0.717) is 38.6 Å². The predicted octanol–water partition coefficient (Wildman–Crippen LogP) is 6.66. The second kappa shape index (κ2) is 9.65. The molecule has 0 spiro atoms. The maximum absolute atomic E-state index is 10.8. The lowest BCUT2D eigenvalue weighted by Crippen LogP contribution is -1.96. The zero-order chi connectivity index (χ0) is 23.5. The van der Waals surface area contributed by atoms with E-state index in [1.54, 1.807) is 44.6 Å². The summed E-state index contributed by atoms with van der Waals surface area (Å²) in [7, 11) is 3.18. The Bertz CT molecular complexity index is 1300. The van der Waals surface area contributed by atoms with Gasteiger partial charge in [0.15, 0.2) is 11.5 Å². The molecule has 0 saturated heterocycles. The fraction of sp³-hybridized carbons (Fsp3) is 0.160. The van der Waals surface area contributed by atoms with Crippen LogP contribution in [0.4, 0.5) is 0 Å². The van der Waals surface area contributed by atoms with Crippen LogP contribution in [0.1, 0.15) is 11.3 Å². The number of aromatic hydroxyl groups is 1. The largest absolute Gasteiger partial charge is 0.507 e. The number of ether oxygens (including phenoxy) is 3. The minimum absolute atomic E-state index is 0.0508. The van der Waals surface area contributed by atoms with Crippen LogP contribution in [-0.2, 0) is 6.61 Å². The van der Waals surface area contributed by atoms with Gasteiger partial charge in [0.1, 0.15) is 23.8 Å². The second-order valence-corrected chi connectivity index (χ2v) is 8.17. The van der Waals surface area contributed by atoms with E-state index < -0.39 is 0 Å². The van der Waals surface area contributed by atoms with Gasteiger partial charge in [-0.2, -0.15) is 5.10 Å². The summed E-state index contributed by atoms with van der Waals surface area (Å²) >= 11 is 12.0. The van der Waals surface area contributed by atoms with Crippen molar-refractivity contribution < 1.29 is 19.3 Å². The van der Waals surface area contributed by atoms with Gasteiger partial charge in [0.25, 0.3) is 0 Å². The molecule has 0 fully saturated rings. The molecule has 1 heterocycles. The van der Waals surface area contributed by atoms with Crippen LogP contribution in [0.3, 0.4) is 0 Å². The van der Waals surface area contributed by atoms with Crippen LogP contribution in [0.25, 0.3) is 22.4 Å². The van der Waals surface area contributed by atoms with Crippen LogP contribution >= 0.6 is 23.2 Å². The summed E-state index contributed by atoms with van der Waals surface area (Å²) in [5.41, 5.74) is 4.66. The number of H-pyrrole nitrogens is 1. The highest BCUT2D eigenvalue weighted by Gasteiger charge is 2.19. The normalized spacial score (nSPS) is 10.8. The van der Waals surface area contributed by atoms with Crippen molar-refractivity contribution in [3.05, 3.63) is 75.9 Å². The molecule has 4 aromatic rings. The van der Waals surface area contributed by atoms with Gasteiger partial charge in [-0.3, -0.25) is 5.10 Å². The van der Waals surface area contributed by atoms with Gasteiger partial charge >= 0.3 is 0 Å². The van der Waals surface area contributed by atoms with Crippen LogP contribution in [0.5, 0.6) is 23.0 Å². The Hall–Kier alpha value is -3.35. The number of hydrogen-bond donors (Lipinski definition) is 2. The molecule has 0 saturated carbocycles. The number of benzene rings is 3. The summed E-state index contributed by atoms with van der Waals surface area (Å²) in [6, 6.07) is 16.1. The van der Waals surface area contributed by atoms with Gasteiger partial charge < -0.3 is 19.3 Å². The summed E-state index contributed by atoms with van der Waals surface area (Å²) in [5, 5.41) is 19.2. The standard InChI is InChI=1S/C25H22Cl2N2O4/c1-14-24(16-5-9-22(31-2)23(11-16)32-3)25(29-28-14)18-7-6-17(12-21(18)30)33-13-15-4-8-19(26)20(27)10-15/h4-12,30H,13H2,1-3H3,(H,28,29). The number of halogens is 2. The van der Waals surface area contributed by atoms with E-state index in [-0.39, 0.29) is 12.4 Å². The van der Waals surface area contributed by atoms with E-state index in [4.69, 9.17) is 37.4 Å². The number of hydrogen-bond acceptors (Lipinski definition) is 5. The molecule has 0 unspecified atom stereocenters. The Balaban J connectivity index is 1.62. The van der Waals surface area contributed by atoms with Gasteiger partial charge in [-0.1, -0.05) is 35.3 Å². The smallest absolute Gasteiger partial charge is 0.161 e. The van der Waals surface area contributed by atoms with Crippen molar-refractivity contribution in [3.63, 3.8) is 0 Å². The molecule has 8 heteroatoms. The first-order valence-corrected chi connectivity index (χ1v) is 10.8. The van der Waals surface area contributed by atoms with Gasteiger partial charge in [0.2, 0.25) is 0 Å². The summed E-state index contributed by atoms with van der Waals surface area (Å²) in [4.78, 5) is 0. The van der Waals surface area contributed by atoms with Crippen molar-refractivity contribution in [1.29, 1.82) is 0 Å². The van der Waals surface area contributed by atoms with Crippen LogP contribution < -0.4 is 14.2 Å². The Morgan fingerprint density at radius 2 is 1.70 bits per heavy atom. The summed E-state index contributed by atoms with van der Waals surface area (Å²) < 4.78 is 16.6. The van der Waals surface area contributed by atoms with Crippen LogP contribution in [0.2, 0.25) is 10.0 Å². The van der Waals surface area contributed by atoms with Gasteiger partial charge in [-0.05, 0) is 54.4 Å². The van der Waals surface area contributed by atoms with Gasteiger partial charge in [-0.25, -0.2) is 0 Å². The zero-order valence-corrected chi connectivity index (χ0v) is 19.8. The van der Waals surface area contributed by atoms with E-state index in [9.17, 15) is 5.11 Å². The van der Waals surface area contributed by atoms with Gasteiger partial charge in [0.05, 0.1) is 24.3 Å². The molecule has 2 N–H and O–H groups in total. The van der Waals surface area contributed by atoms with E-state index >= 15 is 0 Å². The lowest BCUT2D eigenvalue weighted by Gasteiger charge is -2.12. The predicted molar refractivity (Wildman–Crippen MR) is 130 cm³/mol. The highest BCUT2D eigenvalue weighted by atomic mass is 35.5. The Labute approximate surface area is 201 Å². The van der Waals surface area contributed by atoms with Crippen molar-refractivity contribution in [3.8, 4) is 45.4 Å². The summed E-state index contributed by atoms with van der Waals surface area (Å²) in [5.74, 6) is 1.81. The quantitative estimate of drug-likeness (QED) is 0.306. The van der Waals surface area contributed by atoms with Crippen molar-refractivity contribution in [1.82, 2.24) is 10.2 Å². The fourth-order valence-corrected chi connectivity index (χ4v) is 3.89. The topological polar surface area (TPSA) is 76.6 Å². The van der Waals surface area contributed by atoms with Crippen LogP contribution in [-0.4, -0.2) is 29.5 Å². The third-order valence-corrected chi connectivity index (χ3v) is 5.97. The van der Waals surface area contributed by atoms with E-state index in [0.717, 1.165) is 22.4 Å². The molecule has 0 aliphatic carbocycles. The Morgan fingerprint density at radius 3 is 2.39 bits per heavy atom. The molecule has 1 aromatic heterocycles. The fourth-order valence-electron chi connectivity index (χ4n) is 3.57. The second-order valence-electron chi connectivity index (χ2n) is 7.36. The Kier molecular flexibility index (Phi) is 6.67. The molecule has 0 radical (unpaired) electrons. The minimum atomic E-state index is 0.0508. The molecule has 4 rings (SSSR count). The van der Waals surface area contributed by atoms with E-state index in [1.165, 1.54) is 0 Å². The lowest BCUT2D eigenvalue weighted by molar-refractivity contribution is 0.304. The molecule has 0 amide bonds. The highest BCUT2D eigenvalue weighted by molar-refractivity contribution is 6.42. The number of rotatable bonds is 7. The number of nitrogens with one attached hydrogen (secondary N) is 1. The van der Waals surface area contributed by atoms with Gasteiger partial charge in [0, 0.05) is 22.9 Å². The van der Waals surface area contributed by atoms with Crippen LogP contribution in [0.15, 0.2) is 54.6 Å². The van der Waals surface area contributed by atoms with Crippen molar-refractivity contribution in [2.24, 2.45) is 0 Å². The lowest BCUT2D eigenvalue weighted by atomic mass is 9.98. The average molecular weight is 485 g/mol. The molecule has 3 aromatic carbocycles. The number of nitrogens with zero attached hydrogens (tertiary/aromatic N) is 1. The van der Waals surface area contributed by atoms with Crippen LogP contribution in [0, 0.1) is 6.92 Å². The van der Waals surface area contributed by atoms with Gasteiger partial charge in [-0.15, -0.1) is 0 Å². The molecule has 170 valence electrons. The van der Waals surface area contributed by atoms with E-state index in [1.807, 2.05) is 31.2 Å². The number of aromatic amines is 1. The number of methoxy groups -OCH3 is 2. The number of phenolic OH excluding ortho intramolecular Hbond substituents is 1. The number of aryl methyl sites for hydroxylation is 1. The maximum Gasteiger partial charge on any atom is 0.161 e. The first-order chi connectivity index (χ1) is 15.9. The molecule has 0 aliphatic rings. The van der Waals surface area contributed by atoms with Crippen molar-refractivity contribution >= 4 is 23.2 Å². The minimum Gasteiger partial charge on any atom is -0.507 e. The third-order valence-electron chi connectivity index (χ3n) is 5.23. The molecule has 0 aliphatic heterocycles. The molecular weight excluding hydrogens is 463 g/mol. The molecular formula is C25H22Cl2N2O4. The first kappa shape index (κ1) is 22.8.